The molecule has 0 saturated heterocycles. The highest BCUT2D eigenvalue weighted by Gasteiger charge is 2.27. The summed E-state index contributed by atoms with van der Waals surface area (Å²) in [6.45, 7) is 0. The molecule has 2 aromatic carbocycles. The van der Waals surface area contributed by atoms with Crippen molar-refractivity contribution in [3.63, 3.8) is 0 Å². The van der Waals surface area contributed by atoms with Gasteiger partial charge in [-0.3, -0.25) is 9.59 Å². The van der Waals surface area contributed by atoms with Crippen molar-refractivity contribution in [2.75, 3.05) is 7.11 Å². The average molecular weight is 374 g/mol. The zero-order valence-corrected chi connectivity index (χ0v) is 14.9. The van der Waals surface area contributed by atoms with Crippen LogP contribution in [-0.4, -0.2) is 33.3 Å². The van der Waals surface area contributed by atoms with E-state index in [9.17, 15) is 18.0 Å². The van der Waals surface area contributed by atoms with E-state index in [2.05, 4.69) is 5.32 Å². The number of ether oxygens (including phenoxy) is 1. The summed E-state index contributed by atoms with van der Waals surface area (Å²) in [6, 6.07) is 10.4. The van der Waals surface area contributed by atoms with Crippen molar-refractivity contribution in [3.8, 4) is 5.75 Å². The lowest BCUT2D eigenvalue weighted by Gasteiger charge is -2.12. The Kier molecular flexibility index (Phi) is 4.80. The molecule has 0 aliphatic heterocycles. The van der Waals surface area contributed by atoms with Gasteiger partial charge in [0.05, 0.1) is 17.6 Å². The van der Waals surface area contributed by atoms with Gasteiger partial charge in [-0.2, -0.15) is 0 Å². The Morgan fingerprint density at radius 3 is 2.42 bits per heavy atom. The van der Waals surface area contributed by atoms with Crippen molar-refractivity contribution in [1.29, 1.82) is 0 Å². The summed E-state index contributed by atoms with van der Waals surface area (Å²) in [6.07, 6.45) is 1.80. The van der Waals surface area contributed by atoms with Gasteiger partial charge < -0.3 is 10.1 Å². The molecule has 0 aromatic heterocycles. The van der Waals surface area contributed by atoms with Gasteiger partial charge in [-0.05, 0) is 43.2 Å². The summed E-state index contributed by atoms with van der Waals surface area (Å²) in [7, 11) is -2.80. The predicted octanol–water partition coefficient (Wildman–Crippen LogP) is 1.47. The first-order valence-electron chi connectivity index (χ1n) is 7.96. The van der Waals surface area contributed by atoms with Crippen LogP contribution in [0.25, 0.3) is 0 Å². The van der Waals surface area contributed by atoms with Crippen LogP contribution in [0.5, 0.6) is 5.75 Å². The molecule has 1 fully saturated rings. The number of amides is 1. The summed E-state index contributed by atoms with van der Waals surface area (Å²) < 4.78 is 29.2. The lowest BCUT2D eigenvalue weighted by molar-refractivity contribution is 0.0949. The van der Waals surface area contributed by atoms with Crippen molar-refractivity contribution in [1.82, 2.24) is 5.32 Å². The lowest BCUT2D eigenvalue weighted by atomic mass is 10.0. The Labute approximate surface area is 151 Å². The van der Waals surface area contributed by atoms with Crippen LogP contribution in [0, 0.1) is 0 Å². The standard InChI is InChI=1S/C18H18N2O5S/c1-25-15-5-3-2-4-13(15)17(21)14-9-6-11(10-16(14)26(19,23)24)18(22)20-12-7-8-12/h2-6,9-10,12H,7-8H2,1H3,(H,20,22)(H2,19,23,24). The molecule has 1 aliphatic carbocycles. The molecular formula is C18H18N2O5S. The van der Waals surface area contributed by atoms with E-state index < -0.39 is 26.6 Å². The molecule has 0 spiro atoms. The first kappa shape index (κ1) is 18.1. The van der Waals surface area contributed by atoms with Gasteiger partial charge in [0.2, 0.25) is 10.0 Å². The number of ketones is 1. The first-order chi connectivity index (χ1) is 12.3. The van der Waals surface area contributed by atoms with Crippen LogP contribution < -0.4 is 15.2 Å². The van der Waals surface area contributed by atoms with Gasteiger partial charge in [-0.1, -0.05) is 12.1 Å². The zero-order valence-electron chi connectivity index (χ0n) is 14.1. The lowest BCUT2D eigenvalue weighted by Crippen LogP contribution is -2.26. The van der Waals surface area contributed by atoms with Crippen LogP contribution in [0.3, 0.4) is 0 Å². The monoisotopic (exact) mass is 374 g/mol. The van der Waals surface area contributed by atoms with Gasteiger partial charge in [0.25, 0.3) is 5.91 Å². The SMILES string of the molecule is COc1ccccc1C(=O)c1ccc(C(=O)NC2CC2)cc1S(N)(=O)=O. The van der Waals surface area contributed by atoms with Crippen LogP contribution in [0.15, 0.2) is 47.4 Å². The molecule has 136 valence electrons. The van der Waals surface area contributed by atoms with E-state index in [1.165, 1.54) is 25.3 Å². The number of primary sulfonamides is 1. The van der Waals surface area contributed by atoms with Crippen LogP contribution in [0.4, 0.5) is 0 Å². The van der Waals surface area contributed by atoms with Gasteiger partial charge >= 0.3 is 0 Å². The predicted molar refractivity (Wildman–Crippen MR) is 94.7 cm³/mol. The molecule has 8 heteroatoms. The molecule has 0 radical (unpaired) electrons. The second-order valence-corrected chi connectivity index (χ2v) is 7.56. The molecule has 2 aromatic rings. The Morgan fingerprint density at radius 2 is 1.81 bits per heavy atom. The number of methoxy groups -OCH3 is 1. The molecule has 0 atom stereocenters. The van der Waals surface area contributed by atoms with Crippen molar-refractivity contribution in [3.05, 3.63) is 59.2 Å². The molecule has 1 aliphatic rings. The molecule has 3 N–H and O–H groups in total. The van der Waals surface area contributed by atoms with Gasteiger partial charge in [0.15, 0.2) is 5.78 Å². The largest absolute Gasteiger partial charge is 0.496 e. The topological polar surface area (TPSA) is 116 Å². The van der Waals surface area contributed by atoms with E-state index in [4.69, 9.17) is 9.88 Å². The van der Waals surface area contributed by atoms with E-state index in [1.807, 2.05) is 0 Å². The third-order valence-electron chi connectivity index (χ3n) is 4.06. The molecule has 7 nitrogen and oxygen atoms in total. The van der Waals surface area contributed by atoms with Crippen molar-refractivity contribution in [2.45, 2.75) is 23.8 Å². The van der Waals surface area contributed by atoms with Gasteiger partial charge in [-0.15, -0.1) is 0 Å². The fourth-order valence-electron chi connectivity index (χ4n) is 2.56. The van der Waals surface area contributed by atoms with E-state index in [0.29, 0.717) is 5.75 Å². The maximum absolute atomic E-state index is 12.9. The number of sulfonamides is 1. The number of carbonyl (C=O) groups is 2. The molecular weight excluding hydrogens is 356 g/mol. The maximum Gasteiger partial charge on any atom is 0.251 e. The number of hydrogen-bond donors (Lipinski definition) is 2. The highest BCUT2D eigenvalue weighted by molar-refractivity contribution is 7.89. The second-order valence-electron chi connectivity index (χ2n) is 6.03. The Balaban J connectivity index is 2.06. The molecule has 0 bridgehead atoms. The zero-order chi connectivity index (χ0) is 18.9. The molecule has 3 rings (SSSR count). The summed E-state index contributed by atoms with van der Waals surface area (Å²) in [4.78, 5) is 24.6. The fraction of sp³-hybridized carbons (Fsp3) is 0.222. The smallest absolute Gasteiger partial charge is 0.251 e. The van der Waals surface area contributed by atoms with E-state index >= 15 is 0 Å². The number of rotatable bonds is 6. The minimum Gasteiger partial charge on any atom is -0.496 e. The summed E-state index contributed by atoms with van der Waals surface area (Å²) in [5, 5.41) is 8.05. The highest BCUT2D eigenvalue weighted by Crippen LogP contribution is 2.26. The van der Waals surface area contributed by atoms with Crippen LogP contribution >= 0.6 is 0 Å². The van der Waals surface area contributed by atoms with Crippen molar-refractivity contribution < 1.29 is 22.7 Å². The average Bonchev–Trinajstić information content (AvgIpc) is 3.43. The third-order valence-corrected chi connectivity index (χ3v) is 5.01. The molecule has 1 amide bonds. The number of para-hydroxylation sites is 1. The number of nitrogens with one attached hydrogen (secondary N) is 1. The number of benzene rings is 2. The Hall–Kier alpha value is -2.71. The second kappa shape index (κ2) is 6.89. The van der Waals surface area contributed by atoms with E-state index in [1.54, 1.807) is 18.2 Å². The minimum atomic E-state index is -4.22. The first-order valence-corrected chi connectivity index (χ1v) is 9.51. The van der Waals surface area contributed by atoms with Gasteiger partial charge in [-0.25, -0.2) is 13.6 Å². The van der Waals surface area contributed by atoms with Crippen molar-refractivity contribution >= 4 is 21.7 Å². The summed E-state index contributed by atoms with van der Waals surface area (Å²) >= 11 is 0. The Morgan fingerprint density at radius 1 is 1.12 bits per heavy atom. The van der Waals surface area contributed by atoms with E-state index in [0.717, 1.165) is 18.9 Å². The minimum absolute atomic E-state index is 0.111. The Bertz CT molecular complexity index is 981. The normalized spacial score (nSPS) is 13.9. The fourth-order valence-corrected chi connectivity index (χ4v) is 3.32. The number of nitrogens with two attached hydrogens (primary N) is 1. The summed E-state index contributed by atoms with van der Waals surface area (Å²) in [5.74, 6) is -0.636. The number of carbonyl (C=O) groups excluding carboxylic acids is 2. The maximum atomic E-state index is 12.9. The van der Waals surface area contributed by atoms with E-state index in [-0.39, 0.29) is 22.7 Å². The van der Waals surface area contributed by atoms with Crippen LogP contribution in [0.1, 0.15) is 39.1 Å². The number of hydrogen-bond acceptors (Lipinski definition) is 5. The quantitative estimate of drug-likeness (QED) is 0.743. The highest BCUT2D eigenvalue weighted by atomic mass is 32.2. The molecule has 26 heavy (non-hydrogen) atoms. The van der Waals surface area contributed by atoms with Gasteiger partial charge in [0.1, 0.15) is 5.75 Å². The molecule has 0 unspecified atom stereocenters. The van der Waals surface area contributed by atoms with Gasteiger partial charge in [0, 0.05) is 17.2 Å². The third kappa shape index (κ3) is 3.76. The van der Waals surface area contributed by atoms with Crippen LogP contribution in [-0.2, 0) is 10.0 Å². The summed E-state index contributed by atoms with van der Waals surface area (Å²) in [5.41, 5.74) is 0.229. The van der Waals surface area contributed by atoms with Crippen LogP contribution in [0.2, 0.25) is 0 Å². The van der Waals surface area contributed by atoms with Crippen molar-refractivity contribution in [2.24, 2.45) is 5.14 Å². The molecule has 1 saturated carbocycles. The molecule has 0 heterocycles.